The lowest BCUT2D eigenvalue weighted by Gasteiger charge is -2.60. The summed E-state index contributed by atoms with van der Waals surface area (Å²) in [4.78, 5) is 12.1. The Kier molecular flexibility index (Phi) is 6.24. The SMILES string of the molecule is CC12CCC(=O)CC1CCC1C2CCC2(C)C(OCCCCCCO)CCC12. The number of carbonyl (C=O) groups excluding carboxylic acids is 1. The first-order valence-electron chi connectivity index (χ1n) is 12.2. The lowest BCUT2D eigenvalue weighted by Crippen LogP contribution is -2.54. The Morgan fingerprint density at radius 2 is 1.71 bits per heavy atom. The third-order valence-electron chi connectivity index (χ3n) is 9.77. The van der Waals surface area contributed by atoms with Crippen LogP contribution in [0, 0.1) is 34.5 Å². The zero-order chi connectivity index (χ0) is 19.8. The lowest BCUT2D eigenvalue weighted by molar-refractivity contribution is -0.145. The van der Waals surface area contributed by atoms with Crippen molar-refractivity contribution in [3.8, 4) is 0 Å². The van der Waals surface area contributed by atoms with E-state index < -0.39 is 0 Å². The van der Waals surface area contributed by atoms with E-state index in [1.807, 2.05) is 0 Å². The summed E-state index contributed by atoms with van der Waals surface area (Å²) in [6, 6.07) is 0. The molecule has 7 unspecified atom stereocenters. The van der Waals surface area contributed by atoms with Gasteiger partial charge in [0.1, 0.15) is 5.78 Å². The number of unbranched alkanes of at least 4 members (excludes halogenated alkanes) is 3. The summed E-state index contributed by atoms with van der Waals surface area (Å²) in [5.74, 6) is 3.73. The van der Waals surface area contributed by atoms with Crippen LogP contribution in [0.1, 0.15) is 97.3 Å². The first kappa shape index (κ1) is 20.8. The minimum Gasteiger partial charge on any atom is -0.396 e. The fourth-order valence-electron chi connectivity index (χ4n) is 8.06. The third-order valence-corrected chi connectivity index (χ3v) is 9.77. The summed E-state index contributed by atoms with van der Waals surface area (Å²) in [5, 5.41) is 8.91. The second kappa shape index (κ2) is 8.38. The molecule has 0 spiro atoms. The molecule has 0 amide bonds. The van der Waals surface area contributed by atoms with E-state index in [-0.39, 0.29) is 0 Å². The van der Waals surface area contributed by atoms with Crippen LogP contribution in [0.3, 0.4) is 0 Å². The number of fused-ring (bicyclic) bond motifs is 5. The predicted octanol–water partition coefficient (Wildman–Crippen LogP) is 5.54. The first-order valence-corrected chi connectivity index (χ1v) is 12.2. The zero-order valence-corrected chi connectivity index (χ0v) is 18.3. The molecule has 0 saturated heterocycles. The number of aliphatic hydroxyl groups is 1. The van der Waals surface area contributed by atoms with Gasteiger partial charge in [0.2, 0.25) is 0 Å². The molecule has 0 radical (unpaired) electrons. The molecular formula is C25H42O3. The van der Waals surface area contributed by atoms with E-state index >= 15 is 0 Å². The Bertz CT molecular complexity index is 560. The number of ketones is 1. The molecule has 0 aromatic rings. The Hall–Kier alpha value is -0.410. The summed E-state index contributed by atoms with van der Waals surface area (Å²) in [6.45, 7) is 6.29. The van der Waals surface area contributed by atoms with Gasteiger partial charge in [0.05, 0.1) is 6.10 Å². The molecule has 3 nitrogen and oxygen atoms in total. The highest BCUT2D eigenvalue weighted by molar-refractivity contribution is 5.79. The maximum Gasteiger partial charge on any atom is 0.133 e. The van der Waals surface area contributed by atoms with E-state index in [9.17, 15) is 4.79 Å². The molecule has 4 fully saturated rings. The van der Waals surface area contributed by atoms with Crippen molar-refractivity contribution in [3.63, 3.8) is 0 Å². The number of hydrogen-bond acceptors (Lipinski definition) is 3. The number of ether oxygens (including phenoxy) is 1. The van der Waals surface area contributed by atoms with Gasteiger partial charge >= 0.3 is 0 Å². The molecular weight excluding hydrogens is 348 g/mol. The molecule has 160 valence electrons. The average molecular weight is 391 g/mol. The van der Waals surface area contributed by atoms with Crippen molar-refractivity contribution in [2.24, 2.45) is 34.5 Å². The highest BCUT2D eigenvalue weighted by Crippen LogP contribution is 2.66. The van der Waals surface area contributed by atoms with Crippen LogP contribution in [0.4, 0.5) is 0 Å². The zero-order valence-electron chi connectivity index (χ0n) is 18.3. The summed E-state index contributed by atoms with van der Waals surface area (Å²) < 4.78 is 6.47. The molecule has 4 rings (SSSR count). The molecule has 0 bridgehead atoms. The van der Waals surface area contributed by atoms with Crippen molar-refractivity contribution in [1.82, 2.24) is 0 Å². The monoisotopic (exact) mass is 390 g/mol. The molecule has 0 aromatic carbocycles. The quantitative estimate of drug-likeness (QED) is 0.581. The van der Waals surface area contributed by atoms with Gasteiger partial charge in [0.15, 0.2) is 0 Å². The normalized spacial score (nSPS) is 45.4. The summed E-state index contributed by atoms with van der Waals surface area (Å²) >= 11 is 0. The molecule has 4 saturated carbocycles. The fourth-order valence-corrected chi connectivity index (χ4v) is 8.06. The highest BCUT2D eigenvalue weighted by Gasteiger charge is 2.60. The van der Waals surface area contributed by atoms with Crippen LogP contribution in [0.25, 0.3) is 0 Å². The molecule has 4 aliphatic rings. The Morgan fingerprint density at radius 3 is 2.54 bits per heavy atom. The third kappa shape index (κ3) is 3.60. The van der Waals surface area contributed by atoms with Gasteiger partial charge < -0.3 is 9.84 Å². The molecule has 0 aromatic heterocycles. The van der Waals surface area contributed by atoms with Gasteiger partial charge in [0, 0.05) is 26.1 Å². The minimum atomic E-state index is 0.319. The van der Waals surface area contributed by atoms with Crippen LogP contribution in [-0.4, -0.2) is 30.2 Å². The Balaban J connectivity index is 1.37. The Labute approximate surface area is 172 Å². The van der Waals surface area contributed by atoms with Crippen LogP contribution in [0.15, 0.2) is 0 Å². The van der Waals surface area contributed by atoms with E-state index in [1.54, 1.807) is 0 Å². The van der Waals surface area contributed by atoms with E-state index in [0.29, 0.717) is 35.2 Å². The van der Waals surface area contributed by atoms with E-state index in [4.69, 9.17) is 9.84 Å². The number of carbonyl (C=O) groups is 1. The van der Waals surface area contributed by atoms with Crippen LogP contribution in [0.5, 0.6) is 0 Å². The molecule has 7 atom stereocenters. The number of aliphatic hydroxyl groups excluding tert-OH is 1. The van der Waals surface area contributed by atoms with E-state index in [2.05, 4.69) is 13.8 Å². The second-order valence-electron chi connectivity index (χ2n) is 11.0. The molecule has 28 heavy (non-hydrogen) atoms. The average Bonchev–Trinajstić information content (AvgIpc) is 3.01. The maximum atomic E-state index is 12.1. The smallest absolute Gasteiger partial charge is 0.133 e. The number of rotatable bonds is 7. The minimum absolute atomic E-state index is 0.319. The van der Waals surface area contributed by atoms with Crippen LogP contribution >= 0.6 is 0 Å². The standard InChI is InChI=1S/C25H42O3/c1-24-13-11-19(27)17-18(24)7-8-20-21-9-10-23(25(21,2)14-12-22(20)24)28-16-6-4-3-5-15-26/h18,20-23,26H,3-17H2,1-2H3. The van der Waals surface area contributed by atoms with Crippen molar-refractivity contribution < 1.29 is 14.6 Å². The van der Waals surface area contributed by atoms with Gasteiger partial charge in [-0.1, -0.05) is 26.7 Å². The Morgan fingerprint density at radius 1 is 0.929 bits per heavy atom. The van der Waals surface area contributed by atoms with Crippen LogP contribution in [-0.2, 0) is 9.53 Å². The van der Waals surface area contributed by atoms with Gasteiger partial charge in [-0.05, 0) is 92.3 Å². The fraction of sp³-hybridized carbons (Fsp3) is 0.960. The summed E-state index contributed by atoms with van der Waals surface area (Å²) in [6.07, 6.45) is 15.6. The maximum absolute atomic E-state index is 12.1. The lowest BCUT2D eigenvalue weighted by atomic mass is 9.45. The van der Waals surface area contributed by atoms with Gasteiger partial charge in [0.25, 0.3) is 0 Å². The van der Waals surface area contributed by atoms with Crippen molar-refractivity contribution in [1.29, 1.82) is 0 Å². The molecule has 0 heterocycles. The predicted molar refractivity (Wildman–Crippen MR) is 112 cm³/mol. The molecule has 1 N–H and O–H groups in total. The van der Waals surface area contributed by atoms with Gasteiger partial charge in [-0.2, -0.15) is 0 Å². The van der Waals surface area contributed by atoms with Gasteiger partial charge in [-0.25, -0.2) is 0 Å². The molecule has 0 aliphatic heterocycles. The van der Waals surface area contributed by atoms with Crippen molar-refractivity contribution in [3.05, 3.63) is 0 Å². The summed E-state index contributed by atoms with van der Waals surface area (Å²) in [5.41, 5.74) is 0.795. The van der Waals surface area contributed by atoms with Crippen molar-refractivity contribution >= 4 is 5.78 Å². The highest BCUT2D eigenvalue weighted by atomic mass is 16.5. The van der Waals surface area contributed by atoms with E-state index in [1.165, 1.54) is 44.9 Å². The largest absolute Gasteiger partial charge is 0.396 e. The van der Waals surface area contributed by atoms with Gasteiger partial charge in [-0.3, -0.25) is 4.79 Å². The first-order chi connectivity index (χ1) is 13.5. The van der Waals surface area contributed by atoms with Crippen molar-refractivity contribution in [2.75, 3.05) is 13.2 Å². The molecule has 3 heteroatoms. The van der Waals surface area contributed by atoms with Crippen molar-refractivity contribution in [2.45, 2.75) is 103 Å². The van der Waals surface area contributed by atoms with Crippen LogP contribution in [0.2, 0.25) is 0 Å². The van der Waals surface area contributed by atoms with Gasteiger partial charge in [-0.15, -0.1) is 0 Å². The summed E-state index contributed by atoms with van der Waals surface area (Å²) in [7, 11) is 0. The van der Waals surface area contributed by atoms with E-state index in [0.717, 1.165) is 62.9 Å². The number of hydrogen-bond donors (Lipinski definition) is 1. The second-order valence-corrected chi connectivity index (χ2v) is 11.0. The van der Waals surface area contributed by atoms with Crippen LogP contribution < -0.4 is 0 Å². The molecule has 4 aliphatic carbocycles. The number of Topliss-reactive ketones (excluding diaryl/α,β-unsaturated/α-hetero) is 1. The topological polar surface area (TPSA) is 46.5 Å².